The molecule has 1 atom stereocenters. The van der Waals surface area contributed by atoms with E-state index in [0.29, 0.717) is 87.3 Å². The fourth-order valence-corrected chi connectivity index (χ4v) is 5.76. The molecule has 0 saturated heterocycles. The third kappa shape index (κ3) is 7.22. The van der Waals surface area contributed by atoms with Gasteiger partial charge in [0.25, 0.3) is 5.91 Å². The van der Waals surface area contributed by atoms with Gasteiger partial charge in [0.15, 0.2) is 17.3 Å². The summed E-state index contributed by atoms with van der Waals surface area (Å²) in [4.78, 5) is 12.6. The Kier molecular flexibility index (Phi) is 10.4. The standard InChI is InChI=1S/C37H37N3O9/c1-46-33-10-7-22(34-17-31(40-49-34)24-14-25(18-41)29(21-44)26(15-24)19-42)16-35(33)48-12-4-11-47-32-9-8-23(13-27(32)20-43)36-38-30-6-3-2-5-28(30)37(45)39-36/h2-3,5-10,13-17,36,38,41-44H,4,11-12,18-21H2,1H3,(H,39,45). The number of amides is 1. The van der Waals surface area contributed by atoms with Crippen molar-refractivity contribution in [3.63, 3.8) is 0 Å². The van der Waals surface area contributed by atoms with Gasteiger partial charge in [0.05, 0.1) is 52.3 Å². The monoisotopic (exact) mass is 667 g/mol. The van der Waals surface area contributed by atoms with Crippen molar-refractivity contribution in [3.05, 3.63) is 112 Å². The topological polar surface area (TPSA) is 176 Å². The van der Waals surface area contributed by atoms with Gasteiger partial charge in [-0.05, 0) is 76.9 Å². The van der Waals surface area contributed by atoms with Crippen molar-refractivity contribution < 1.29 is 44.0 Å². The average Bonchev–Trinajstić information content (AvgIpc) is 3.64. The van der Waals surface area contributed by atoms with Crippen molar-refractivity contribution in [2.45, 2.75) is 39.0 Å². The number of fused-ring (bicyclic) bond motifs is 1. The molecule has 1 aliphatic heterocycles. The third-order valence-corrected chi connectivity index (χ3v) is 8.33. The Morgan fingerprint density at radius 3 is 2.16 bits per heavy atom. The van der Waals surface area contributed by atoms with Crippen molar-refractivity contribution in [2.24, 2.45) is 0 Å². The Labute approximate surface area is 282 Å². The van der Waals surface area contributed by atoms with Gasteiger partial charge in [-0.1, -0.05) is 23.4 Å². The Hall–Kier alpha value is -5.40. The molecule has 6 rings (SSSR count). The van der Waals surface area contributed by atoms with Crippen LogP contribution in [0, 0.1) is 0 Å². The van der Waals surface area contributed by atoms with Crippen molar-refractivity contribution in [3.8, 4) is 39.8 Å². The predicted octanol–water partition coefficient (Wildman–Crippen LogP) is 4.69. The van der Waals surface area contributed by atoms with E-state index in [9.17, 15) is 25.2 Å². The predicted molar refractivity (Wildman–Crippen MR) is 180 cm³/mol. The molecular weight excluding hydrogens is 630 g/mol. The molecule has 4 aromatic carbocycles. The molecule has 254 valence electrons. The number of carbonyl (C=O) groups is 1. The van der Waals surface area contributed by atoms with Crippen molar-refractivity contribution >= 4 is 11.6 Å². The summed E-state index contributed by atoms with van der Waals surface area (Å²) in [5.74, 6) is 1.88. The van der Waals surface area contributed by atoms with Gasteiger partial charge in [-0.25, -0.2) is 0 Å². The van der Waals surface area contributed by atoms with Gasteiger partial charge in [-0.2, -0.15) is 0 Å². The van der Waals surface area contributed by atoms with Crippen LogP contribution in [0.4, 0.5) is 5.69 Å². The minimum atomic E-state index is -0.443. The molecule has 0 radical (unpaired) electrons. The summed E-state index contributed by atoms with van der Waals surface area (Å²) in [5, 5.41) is 49.7. The summed E-state index contributed by atoms with van der Waals surface area (Å²) in [7, 11) is 1.55. The van der Waals surface area contributed by atoms with Crippen molar-refractivity contribution in [2.75, 3.05) is 25.6 Å². The number of hydrogen-bond donors (Lipinski definition) is 6. The van der Waals surface area contributed by atoms with Crippen LogP contribution in [0.3, 0.4) is 0 Å². The van der Waals surface area contributed by atoms with Crippen LogP contribution in [0.1, 0.15) is 50.8 Å². The molecule has 5 aromatic rings. The molecule has 2 heterocycles. The zero-order valence-electron chi connectivity index (χ0n) is 26.8. The van der Waals surface area contributed by atoms with Gasteiger partial charge in [-0.15, -0.1) is 0 Å². The summed E-state index contributed by atoms with van der Waals surface area (Å²) in [6.07, 6.45) is 0.0920. The van der Waals surface area contributed by atoms with Gasteiger partial charge in [0.2, 0.25) is 0 Å². The fraction of sp³-hybridized carbons (Fsp3) is 0.243. The summed E-state index contributed by atoms with van der Waals surface area (Å²) >= 11 is 0. The minimum absolute atomic E-state index is 0.169. The first kappa shape index (κ1) is 33.5. The molecule has 12 nitrogen and oxygen atoms in total. The molecule has 1 aromatic heterocycles. The SMILES string of the molecule is COc1ccc(-c2cc(-c3cc(CO)c(CO)c(CO)c3)no2)cc1OCCCOc1ccc(C2NC(=O)c3ccccc3N2)cc1CO. The Bertz CT molecular complexity index is 1920. The lowest BCUT2D eigenvalue weighted by Gasteiger charge is -2.28. The number of hydrogen-bond acceptors (Lipinski definition) is 11. The van der Waals surface area contributed by atoms with Crippen LogP contribution in [0.15, 0.2) is 83.4 Å². The van der Waals surface area contributed by atoms with Crippen LogP contribution in [0.2, 0.25) is 0 Å². The van der Waals surface area contributed by atoms with Crippen molar-refractivity contribution in [1.29, 1.82) is 0 Å². The van der Waals surface area contributed by atoms with Gasteiger partial charge >= 0.3 is 0 Å². The lowest BCUT2D eigenvalue weighted by atomic mass is 9.97. The summed E-state index contributed by atoms with van der Waals surface area (Å²) in [6, 6.07) is 23.3. The second kappa shape index (κ2) is 15.2. The second-order valence-electron chi connectivity index (χ2n) is 11.4. The highest BCUT2D eigenvalue weighted by Crippen LogP contribution is 2.35. The number of anilines is 1. The maximum Gasteiger partial charge on any atom is 0.255 e. The molecule has 12 heteroatoms. The Morgan fingerprint density at radius 1 is 0.735 bits per heavy atom. The number of aromatic nitrogens is 1. The summed E-state index contributed by atoms with van der Waals surface area (Å²) in [5.41, 5.74) is 6.03. The highest BCUT2D eigenvalue weighted by Gasteiger charge is 2.25. The lowest BCUT2D eigenvalue weighted by molar-refractivity contribution is 0.0935. The third-order valence-electron chi connectivity index (χ3n) is 8.33. The number of aliphatic hydroxyl groups is 4. The van der Waals surface area contributed by atoms with Crippen LogP contribution >= 0.6 is 0 Å². The zero-order chi connectivity index (χ0) is 34.3. The fourth-order valence-electron chi connectivity index (χ4n) is 5.76. The van der Waals surface area contributed by atoms with Gasteiger partial charge in [0.1, 0.15) is 17.6 Å². The number of methoxy groups -OCH3 is 1. The van der Waals surface area contributed by atoms with E-state index >= 15 is 0 Å². The second-order valence-corrected chi connectivity index (χ2v) is 11.4. The molecular formula is C37H37N3O9. The molecule has 1 aliphatic rings. The van der Waals surface area contributed by atoms with E-state index in [0.717, 1.165) is 11.3 Å². The number of benzene rings is 4. The van der Waals surface area contributed by atoms with E-state index < -0.39 is 6.17 Å². The molecule has 0 spiro atoms. The molecule has 6 N–H and O–H groups in total. The van der Waals surface area contributed by atoms with Crippen LogP contribution in [-0.2, 0) is 26.4 Å². The van der Waals surface area contributed by atoms with E-state index in [4.69, 9.17) is 18.7 Å². The number of nitrogens with one attached hydrogen (secondary N) is 2. The zero-order valence-corrected chi connectivity index (χ0v) is 26.8. The highest BCUT2D eigenvalue weighted by molar-refractivity contribution is 6.01. The van der Waals surface area contributed by atoms with Crippen molar-refractivity contribution in [1.82, 2.24) is 10.5 Å². The van der Waals surface area contributed by atoms with E-state index in [1.807, 2.05) is 36.4 Å². The van der Waals surface area contributed by atoms with E-state index in [1.54, 1.807) is 49.6 Å². The van der Waals surface area contributed by atoms with Crippen LogP contribution in [-0.4, -0.2) is 51.8 Å². The van der Waals surface area contributed by atoms with Gasteiger partial charge in [0, 0.05) is 34.9 Å². The molecule has 0 aliphatic carbocycles. The van der Waals surface area contributed by atoms with Gasteiger partial charge < -0.3 is 49.8 Å². The number of para-hydroxylation sites is 1. The maximum absolute atomic E-state index is 12.6. The van der Waals surface area contributed by atoms with Crippen LogP contribution in [0.25, 0.3) is 22.6 Å². The number of rotatable bonds is 14. The molecule has 49 heavy (non-hydrogen) atoms. The quantitative estimate of drug-likeness (QED) is 0.0907. The number of ether oxygens (including phenoxy) is 3. The molecule has 0 fully saturated rings. The Balaban J connectivity index is 1.08. The smallest absolute Gasteiger partial charge is 0.255 e. The first-order valence-electron chi connectivity index (χ1n) is 15.7. The minimum Gasteiger partial charge on any atom is -0.493 e. The normalized spacial score (nSPS) is 13.7. The molecule has 0 saturated carbocycles. The first-order valence-corrected chi connectivity index (χ1v) is 15.7. The number of carbonyl (C=O) groups excluding carboxylic acids is 1. The molecule has 1 amide bonds. The average molecular weight is 668 g/mol. The summed E-state index contributed by atoms with van der Waals surface area (Å²) in [6.45, 7) is -0.485. The number of aliphatic hydroxyl groups excluding tert-OH is 4. The Morgan fingerprint density at radius 2 is 1.45 bits per heavy atom. The summed E-state index contributed by atoms with van der Waals surface area (Å²) < 4.78 is 23.2. The molecule has 1 unspecified atom stereocenters. The molecule has 0 bridgehead atoms. The first-order chi connectivity index (χ1) is 24.0. The lowest BCUT2D eigenvalue weighted by Crippen LogP contribution is -2.38. The van der Waals surface area contributed by atoms with E-state index in [2.05, 4.69) is 15.8 Å². The maximum atomic E-state index is 12.6. The van der Waals surface area contributed by atoms with Crippen LogP contribution < -0.4 is 24.8 Å². The van der Waals surface area contributed by atoms with E-state index in [1.165, 1.54) is 0 Å². The number of nitrogens with zero attached hydrogens (tertiary/aromatic N) is 1. The highest BCUT2D eigenvalue weighted by atomic mass is 16.5. The van der Waals surface area contributed by atoms with E-state index in [-0.39, 0.29) is 32.3 Å². The van der Waals surface area contributed by atoms with Crippen LogP contribution in [0.5, 0.6) is 17.2 Å². The van der Waals surface area contributed by atoms with Gasteiger partial charge in [-0.3, -0.25) is 4.79 Å². The largest absolute Gasteiger partial charge is 0.493 e.